The van der Waals surface area contributed by atoms with Crippen LogP contribution in [0.3, 0.4) is 0 Å². The molecule has 2 N–H and O–H groups in total. The average Bonchev–Trinajstić information content (AvgIpc) is 3.34. The number of carbonyl (C=O) groups is 1. The molecule has 2 rings (SSSR count). The maximum absolute atomic E-state index is 11.7. The molecule has 28 heavy (non-hydrogen) atoms. The number of furan rings is 1. The van der Waals surface area contributed by atoms with Crippen molar-refractivity contribution in [1.29, 1.82) is 0 Å². The minimum absolute atomic E-state index is 0. The standard InChI is InChI=1S/C20H35N5O2.HI/c1-4-21-20(22-12-9-14-25-13-7-11-19(25)26)23-16-17(24(5-2)6-3)18-10-8-15-27-18;/h8,10,15,17H,4-7,9,11-14,16H2,1-3H3,(H2,21,22,23);1H. The summed E-state index contributed by atoms with van der Waals surface area (Å²) in [7, 11) is 0. The Morgan fingerprint density at radius 1 is 1.32 bits per heavy atom. The molecule has 1 fully saturated rings. The third kappa shape index (κ3) is 7.62. The molecular formula is C20H36IN5O2. The number of hydrogen-bond acceptors (Lipinski definition) is 4. The highest BCUT2D eigenvalue weighted by Crippen LogP contribution is 2.21. The molecule has 8 heteroatoms. The lowest BCUT2D eigenvalue weighted by Gasteiger charge is -2.27. The molecule has 0 bridgehead atoms. The Bertz CT molecular complexity index is 575. The van der Waals surface area contributed by atoms with Gasteiger partial charge in [0, 0.05) is 32.6 Å². The van der Waals surface area contributed by atoms with E-state index in [9.17, 15) is 4.79 Å². The maximum atomic E-state index is 11.7. The quantitative estimate of drug-likeness (QED) is 0.210. The van der Waals surface area contributed by atoms with Crippen LogP contribution in [-0.2, 0) is 4.79 Å². The summed E-state index contributed by atoms with van der Waals surface area (Å²) in [6.07, 6.45) is 4.35. The SMILES string of the molecule is CCNC(=NCC(c1ccco1)N(CC)CC)NCCCN1CCCC1=O.I. The second-order valence-corrected chi connectivity index (χ2v) is 6.74. The summed E-state index contributed by atoms with van der Waals surface area (Å²) in [4.78, 5) is 20.8. The van der Waals surface area contributed by atoms with Crippen LogP contribution in [0.2, 0.25) is 0 Å². The van der Waals surface area contributed by atoms with Crippen molar-refractivity contribution in [1.82, 2.24) is 20.4 Å². The van der Waals surface area contributed by atoms with Crippen molar-refractivity contribution in [2.45, 2.75) is 46.1 Å². The third-order valence-electron chi connectivity index (χ3n) is 4.96. The van der Waals surface area contributed by atoms with E-state index in [-0.39, 0.29) is 35.9 Å². The zero-order chi connectivity index (χ0) is 19.5. The van der Waals surface area contributed by atoms with Crippen LogP contribution in [0.15, 0.2) is 27.8 Å². The lowest BCUT2D eigenvalue weighted by atomic mass is 10.2. The van der Waals surface area contributed by atoms with Gasteiger partial charge in [-0.25, -0.2) is 0 Å². The van der Waals surface area contributed by atoms with Crippen LogP contribution in [-0.4, -0.2) is 67.5 Å². The predicted octanol–water partition coefficient (Wildman–Crippen LogP) is 2.85. The first-order chi connectivity index (χ1) is 13.2. The van der Waals surface area contributed by atoms with Gasteiger partial charge in [-0.1, -0.05) is 13.8 Å². The monoisotopic (exact) mass is 505 g/mol. The predicted molar refractivity (Wildman–Crippen MR) is 124 cm³/mol. The van der Waals surface area contributed by atoms with Crippen molar-refractivity contribution >= 4 is 35.8 Å². The second kappa shape index (κ2) is 13.8. The van der Waals surface area contributed by atoms with Crippen LogP contribution in [0.1, 0.15) is 51.8 Å². The van der Waals surface area contributed by atoms with E-state index in [4.69, 9.17) is 9.41 Å². The van der Waals surface area contributed by atoms with E-state index >= 15 is 0 Å². The molecule has 1 aliphatic rings. The molecule has 0 saturated carbocycles. The fourth-order valence-corrected chi connectivity index (χ4v) is 3.47. The van der Waals surface area contributed by atoms with Crippen molar-refractivity contribution in [3.8, 4) is 0 Å². The first-order valence-corrected chi connectivity index (χ1v) is 10.3. The summed E-state index contributed by atoms with van der Waals surface area (Å²) < 4.78 is 5.65. The minimum atomic E-state index is 0. The molecule has 1 atom stereocenters. The van der Waals surface area contributed by atoms with E-state index < -0.39 is 0 Å². The highest BCUT2D eigenvalue weighted by atomic mass is 127. The largest absolute Gasteiger partial charge is 0.468 e. The van der Waals surface area contributed by atoms with Crippen LogP contribution < -0.4 is 10.6 Å². The highest BCUT2D eigenvalue weighted by Gasteiger charge is 2.21. The molecule has 7 nitrogen and oxygen atoms in total. The maximum Gasteiger partial charge on any atom is 0.222 e. The summed E-state index contributed by atoms with van der Waals surface area (Å²) in [6, 6.07) is 4.08. The molecule has 2 heterocycles. The van der Waals surface area contributed by atoms with Crippen molar-refractivity contribution in [3.05, 3.63) is 24.2 Å². The van der Waals surface area contributed by atoms with E-state index in [1.54, 1.807) is 6.26 Å². The van der Waals surface area contributed by atoms with Gasteiger partial charge in [-0.2, -0.15) is 0 Å². The van der Waals surface area contributed by atoms with Crippen LogP contribution in [0.25, 0.3) is 0 Å². The number of nitrogens with one attached hydrogen (secondary N) is 2. The second-order valence-electron chi connectivity index (χ2n) is 6.74. The highest BCUT2D eigenvalue weighted by molar-refractivity contribution is 14.0. The van der Waals surface area contributed by atoms with Crippen molar-refractivity contribution in [3.63, 3.8) is 0 Å². The Labute approximate surface area is 186 Å². The molecule has 0 radical (unpaired) electrons. The molecule has 1 unspecified atom stereocenters. The minimum Gasteiger partial charge on any atom is -0.468 e. The van der Waals surface area contributed by atoms with E-state index in [1.807, 2.05) is 17.0 Å². The molecule has 1 amide bonds. The molecule has 0 aliphatic carbocycles. The zero-order valence-electron chi connectivity index (χ0n) is 17.4. The van der Waals surface area contributed by atoms with E-state index in [2.05, 4.69) is 36.3 Å². The summed E-state index contributed by atoms with van der Waals surface area (Å²) in [6.45, 7) is 12.2. The molecule has 1 saturated heterocycles. The van der Waals surface area contributed by atoms with Crippen LogP contribution >= 0.6 is 24.0 Å². The number of amides is 1. The summed E-state index contributed by atoms with van der Waals surface area (Å²) in [5, 5.41) is 6.69. The summed E-state index contributed by atoms with van der Waals surface area (Å²) >= 11 is 0. The molecule has 1 aromatic heterocycles. The fourth-order valence-electron chi connectivity index (χ4n) is 3.47. The number of aliphatic imine (C=N–C) groups is 1. The van der Waals surface area contributed by atoms with Crippen molar-refractivity contribution in [2.75, 3.05) is 45.8 Å². The molecule has 160 valence electrons. The van der Waals surface area contributed by atoms with Gasteiger partial charge >= 0.3 is 0 Å². The molecule has 1 aromatic rings. The number of nitrogens with zero attached hydrogens (tertiary/aromatic N) is 3. The van der Waals surface area contributed by atoms with Gasteiger partial charge < -0.3 is 20.0 Å². The average molecular weight is 505 g/mol. The molecule has 1 aliphatic heterocycles. The van der Waals surface area contributed by atoms with Gasteiger partial charge in [0.1, 0.15) is 5.76 Å². The third-order valence-corrected chi connectivity index (χ3v) is 4.96. The lowest BCUT2D eigenvalue weighted by molar-refractivity contribution is -0.127. The van der Waals surface area contributed by atoms with Gasteiger partial charge in [0.15, 0.2) is 5.96 Å². The molecular weight excluding hydrogens is 469 g/mol. The fraction of sp³-hybridized carbons (Fsp3) is 0.700. The number of carbonyl (C=O) groups excluding carboxylic acids is 1. The topological polar surface area (TPSA) is 73.1 Å². The Morgan fingerprint density at radius 2 is 2.11 bits per heavy atom. The van der Waals surface area contributed by atoms with Gasteiger partial charge in [0.05, 0.1) is 18.8 Å². The molecule has 0 spiro atoms. The number of likely N-dealkylation sites (N-methyl/N-ethyl adjacent to an activating group) is 1. The smallest absolute Gasteiger partial charge is 0.222 e. The zero-order valence-corrected chi connectivity index (χ0v) is 19.8. The van der Waals surface area contributed by atoms with Crippen LogP contribution in [0.4, 0.5) is 0 Å². The normalized spacial score (nSPS) is 15.6. The van der Waals surface area contributed by atoms with E-state index in [0.717, 1.165) is 63.8 Å². The van der Waals surface area contributed by atoms with Crippen LogP contribution in [0, 0.1) is 0 Å². The lowest BCUT2D eigenvalue weighted by Crippen LogP contribution is -2.40. The summed E-state index contributed by atoms with van der Waals surface area (Å²) in [5.41, 5.74) is 0. The first-order valence-electron chi connectivity index (χ1n) is 10.3. The Kier molecular flexibility index (Phi) is 12.2. The van der Waals surface area contributed by atoms with E-state index in [1.165, 1.54) is 0 Å². The Morgan fingerprint density at radius 3 is 2.68 bits per heavy atom. The first kappa shape index (κ1) is 24.7. The number of hydrogen-bond donors (Lipinski definition) is 2. The summed E-state index contributed by atoms with van der Waals surface area (Å²) in [5.74, 6) is 2.05. The number of rotatable bonds is 11. The number of likely N-dealkylation sites (tertiary alicyclic amines) is 1. The van der Waals surface area contributed by atoms with Gasteiger partial charge in [0.2, 0.25) is 5.91 Å². The van der Waals surface area contributed by atoms with Gasteiger partial charge in [0.25, 0.3) is 0 Å². The van der Waals surface area contributed by atoms with Gasteiger partial charge in [-0.05, 0) is 45.0 Å². The van der Waals surface area contributed by atoms with Gasteiger partial charge in [-0.15, -0.1) is 24.0 Å². The van der Waals surface area contributed by atoms with Crippen LogP contribution in [0.5, 0.6) is 0 Å². The molecule has 0 aromatic carbocycles. The Balaban J connectivity index is 0.00000392. The van der Waals surface area contributed by atoms with Gasteiger partial charge in [-0.3, -0.25) is 14.7 Å². The number of guanidine groups is 1. The Hall–Kier alpha value is -1.29. The van der Waals surface area contributed by atoms with Crippen molar-refractivity contribution in [2.24, 2.45) is 4.99 Å². The van der Waals surface area contributed by atoms with E-state index in [0.29, 0.717) is 13.0 Å². The van der Waals surface area contributed by atoms with Crippen molar-refractivity contribution < 1.29 is 9.21 Å². The number of halogens is 1.